The first-order valence-electron chi connectivity index (χ1n) is 19.1. The van der Waals surface area contributed by atoms with E-state index in [0.29, 0.717) is 29.1 Å². The second-order valence-corrected chi connectivity index (χ2v) is 25.9. The average molecular weight is 705 g/mol. The van der Waals surface area contributed by atoms with Crippen molar-refractivity contribution in [3.8, 4) is 12.3 Å². The van der Waals surface area contributed by atoms with Crippen molar-refractivity contribution in [2.75, 3.05) is 13.2 Å². The van der Waals surface area contributed by atoms with E-state index in [9.17, 15) is 0 Å². The van der Waals surface area contributed by atoms with Crippen LogP contribution < -0.4 is 10.4 Å². The minimum Gasteiger partial charge on any atom is -0.407 e. The molecular formula is C43H68O4Si2. The lowest BCUT2D eigenvalue weighted by Gasteiger charge is -2.46. The zero-order valence-corrected chi connectivity index (χ0v) is 34.5. The number of ether oxygens (including phenoxy) is 2. The van der Waals surface area contributed by atoms with Crippen LogP contribution in [0.1, 0.15) is 114 Å². The molecule has 272 valence electrons. The lowest BCUT2D eigenvalue weighted by molar-refractivity contribution is -0.204. The van der Waals surface area contributed by atoms with Crippen molar-refractivity contribution in [1.29, 1.82) is 0 Å². The molecule has 1 fully saturated rings. The fourth-order valence-electron chi connectivity index (χ4n) is 8.26. The van der Waals surface area contributed by atoms with Gasteiger partial charge in [0.05, 0.1) is 12.2 Å². The minimum atomic E-state index is -2.56. The molecule has 0 aliphatic carbocycles. The van der Waals surface area contributed by atoms with Crippen LogP contribution in [0.2, 0.25) is 21.7 Å². The Labute approximate surface area is 303 Å². The van der Waals surface area contributed by atoms with Gasteiger partial charge >= 0.3 is 0 Å². The molecule has 0 saturated carbocycles. The molecule has 4 nitrogen and oxygen atoms in total. The quantitative estimate of drug-likeness (QED) is 0.0631. The molecule has 4 atom stereocenters. The molecular weight excluding hydrogens is 637 g/mol. The molecule has 2 aromatic carbocycles. The maximum atomic E-state index is 7.52. The smallest absolute Gasteiger partial charge is 0.261 e. The summed E-state index contributed by atoms with van der Waals surface area (Å²) in [5, 5.41) is 2.60. The van der Waals surface area contributed by atoms with E-state index in [1.807, 2.05) is 0 Å². The van der Waals surface area contributed by atoms with Gasteiger partial charge in [-0.25, -0.2) is 0 Å². The van der Waals surface area contributed by atoms with Gasteiger partial charge < -0.3 is 18.3 Å². The summed E-state index contributed by atoms with van der Waals surface area (Å²) < 4.78 is 27.7. The zero-order valence-electron chi connectivity index (χ0n) is 32.5. The Morgan fingerprint density at radius 1 is 0.878 bits per heavy atom. The number of benzene rings is 2. The normalized spacial score (nSPS) is 18.2. The van der Waals surface area contributed by atoms with E-state index in [0.717, 1.165) is 51.6 Å². The second-order valence-electron chi connectivity index (χ2n) is 16.2. The third-order valence-electron chi connectivity index (χ3n) is 10.6. The Hall–Kier alpha value is -1.99. The number of terminal acetylenes is 1. The van der Waals surface area contributed by atoms with Crippen LogP contribution in [0.15, 0.2) is 72.8 Å². The zero-order chi connectivity index (χ0) is 36.1. The van der Waals surface area contributed by atoms with Gasteiger partial charge in [0.25, 0.3) is 8.32 Å². The van der Waals surface area contributed by atoms with Crippen molar-refractivity contribution in [1.82, 2.24) is 0 Å². The van der Waals surface area contributed by atoms with Gasteiger partial charge in [-0.05, 0) is 76.5 Å². The number of rotatable bonds is 19. The predicted molar refractivity (Wildman–Crippen MR) is 214 cm³/mol. The molecule has 1 aliphatic heterocycles. The lowest BCUT2D eigenvalue weighted by atomic mass is 9.96. The van der Waals surface area contributed by atoms with E-state index in [2.05, 4.69) is 148 Å². The first kappa shape index (κ1) is 41.4. The molecule has 2 aromatic rings. The van der Waals surface area contributed by atoms with Crippen molar-refractivity contribution >= 4 is 27.0 Å². The summed E-state index contributed by atoms with van der Waals surface area (Å²) in [7, 11) is -4.78. The molecule has 1 unspecified atom stereocenters. The maximum Gasteiger partial charge on any atom is 0.261 e. The molecule has 1 saturated heterocycles. The van der Waals surface area contributed by atoms with E-state index >= 15 is 0 Å². The Bertz CT molecular complexity index is 1210. The highest BCUT2D eigenvalue weighted by molar-refractivity contribution is 6.99. The highest BCUT2D eigenvalue weighted by Gasteiger charge is 2.50. The number of hydrogen-bond donors (Lipinski definition) is 0. The summed E-state index contributed by atoms with van der Waals surface area (Å²) in [5.74, 6) is 3.21. The van der Waals surface area contributed by atoms with Crippen LogP contribution in [0.3, 0.4) is 0 Å². The molecule has 0 amide bonds. The van der Waals surface area contributed by atoms with Crippen LogP contribution in [0.4, 0.5) is 0 Å². The van der Waals surface area contributed by atoms with Gasteiger partial charge in [0.2, 0.25) is 8.32 Å². The van der Waals surface area contributed by atoms with Crippen LogP contribution in [-0.4, -0.2) is 48.3 Å². The minimum absolute atomic E-state index is 0.0379. The molecule has 1 heterocycles. The van der Waals surface area contributed by atoms with Gasteiger partial charge in [0.1, 0.15) is 0 Å². The molecule has 0 N–H and O–H groups in total. The highest BCUT2D eigenvalue weighted by atomic mass is 28.4. The third-order valence-corrected chi connectivity index (χ3v) is 21.7. The highest BCUT2D eigenvalue weighted by Crippen LogP contribution is 2.44. The second kappa shape index (κ2) is 19.6. The van der Waals surface area contributed by atoms with Crippen LogP contribution in [0.25, 0.3) is 0 Å². The standard InChI is InChI=1S/C43H68O4Si2/c1-12-24-37(8)33-41(46-42-30-21-23-31-44-42)40(47-48(34(2)3,35(4)5)36(6)7)29-20-15-22-32-45-49(43(9,10)11,38-25-16-13-17-26-38)39-27-18-14-19-28-39/h1,13-14,16-20,25-29,34-37,40-42H,15,21-24,30-33H2,2-11H3/b29-20+/t37-,40+,41-,42?/m1/s1. The Balaban J connectivity index is 1.89. The van der Waals surface area contributed by atoms with E-state index in [-0.39, 0.29) is 23.5 Å². The van der Waals surface area contributed by atoms with E-state index < -0.39 is 16.6 Å². The van der Waals surface area contributed by atoms with Crippen LogP contribution >= 0.6 is 0 Å². The molecule has 0 radical (unpaired) electrons. The van der Waals surface area contributed by atoms with Crippen molar-refractivity contribution in [3.05, 3.63) is 72.8 Å². The molecule has 0 aromatic heterocycles. The monoisotopic (exact) mass is 704 g/mol. The first-order chi connectivity index (χ1) is 23.3. The van der Waals surface area contributed by atoms with Gasteiger partial charge in [-0.1, -0.05) is 142 Å². The average Bonchev–Trinajstić information content (AvgIpc) is 3.06. The summed E-state index contributed by atoms with van der Waals surface area (Å²) in [6.07, 6.45) is 16.5. The van der Waals surface area contributed by atoms with Crippen molar-refractivity contribution in [3.63, 3.8) is 0 Å². The van der Waals surface area contributed by atoms with Crippen LogP contribution in [0.5, 0.6) is 0 Å². The third kappa shape index (κ3) is 10.8. The van der Waals surface area contributed by atoms with Gasteiger partial charge in [-0.3, -0.25) is 0 Å². The summed E-state index contributed by atoms with van der Waals surface area (Å²) in [6.45, 7) is 24.9. The van der Waals surface area contributed by atoms with Gasteiger partial charge in [-0.15, -0.1) is 12.3 Å². The maximum absolute atomic E-state index is 7.52. The van der Waals surface area contributed by atoms with Crippen molar-refractivity contribution in [2.24, 2.45) is 5.92 Å². The molecule has 6 heteroatoms. The summed E-state index contributed by atoms with van der Waals surface area (Å²) in [4.78, 5) is 0. The van der Waals surface area contributed by atoms with E-state index in [4.69, 9.17) is 24.7 Å². The summed E-state index contributed by atoms with van der Waals surface area (Å²) >= 11 is 0. The molecule has 3 rings (SSSR count). The lowest BCUT2D eigenvalue weighted by Crippen LogP contribution is -2.66. The Kier molecular flexibility index (Phi) is 16.6. The number of unbranched alkanes of at least 4 members (excludes halogenated alkanes) is 1. The van der Waals surface area contributed by atoms with E-state index in [1.165, 1.54) is 10.4 Å². The first-order valence-corrected chi connectivity index (χ1v) is 23.1. The largest absolute Gasteiger partial charge is 0.407 e. The fourth-order valence-corrected chi connectivity index (χ4v) is 18.4. The number of hydrogen-bond acceptors (Lipinski definition) is 4. The summed E-state index contributed by atoms with van der Waals surface area (Å²) in [5.41, 5.74) is 1.41. The number of allylic oxidation sites excluding steroid dienone is 1. The molecule has 1 aliphatic rings. The Morgan fingerprint density at radius 3 is 1.92 bits per heavy atom. The SMILES string of the molecule is C#CC[C@@H](C)C[C@@H](OC1CCCCO1)[C@H](/C=C/CCCO[Si](c1ccccc1)(c1ccccc1)C(C)(C)C)O[Si](C(C)C)(C(C)C)C(C)C. The topological polar surface area (TPSA) is 36.9 Å². The van der Waals surface area contributed by atoms with Gasteiger partial charge in [0.15, 0.2) is 6.29 Å². The van der Waals surface area contributed by atoms with Gasteiger partial charge in [-0.2, -0.15) is 0 Å². The molecule has 0 spiro atoms. The van der Waals surface area contributed by atoms with Crippen LogP contribution in [-0.2, 0) is 18.3 Å². The summed E-state index contributed by atoms with van der Waals surface area (Å²) in [6, 6.07) is 21.8. The fraction of sp³-hybridized carbons (Fsp3) is 0.628. The van der Waals surface area contributed by atoms with E-state index in [1.54, 1.807) is 0 Å². The van der Waals surface area contributed by atoms with Gasteiger partial charge in [0, 0.05) is 19.6 Å². The van der Waals surface area contributed by atoms with Crippen molar-refractivity contribution in [2.45, 2.75) is 154 Å². The Morgan fingerprint density at radius 2 is 1.45 bits per heavy atom. The van der Waals surface area contributed by atoms with Crippen molar-refractivity contribution < 1.29 is 18.3 Å². The molecule has 0 bridgehead atoms. The predicted octanol–water partition coefficient (Wildman–Crippen LogP) is 10.4. The molecule has 49 heavy (non-hydrogen) atoms. The van der Waals surface area contributed by atoms with Crippen LogP contribution in [0, 0.1) is 18.3 Å².